The zero-order valence-electron chi connectivity index (χ0n) is 7.83. The molecule has 2 rings (SSSR count). The lowest BCUT2D eigenvalue weighted by molar-refractivity contribution is 0.0694. The van der Waals surface area contributed by atoms with Crippen molar-refractivity contribution in [2.45, 2.75) is 25.2 Å². The van der Waals surface area contributed by atoms with Gasteiger partial charge in [-0.25, -0.2) is 4.79 Å². The van der Waals surface area contributed by atoms with E-state index in [1.54, 1.807) is 7.05 Å². The Balaban J connectivity index is 2.47. The number of carbonyl (C=O) groups is 1. The molecule has 1 N–H and O–H groups in total. The predicted molar refractivity (Wildman–Crippen MR) is 51.8 cm³/mol. The molecule has 0 radical (unpaired) electrons. The van der Waals surface area contributed by atoms with Crippen LogP contribution in [0, 0.1) is 0 Å². The number of aromatic carboxylic acids is 1. The minimum absolute atomic E-state index is 0.180. The van der Waals surface area contributed by atoms with Gasteiger partial charge in [0.15, 0.2) is 0 Å². The van der Waals surface area contributed by atoms with Crippen LogP contribution < -0.4 is 0 Å². The number of rotatable bonds is 2. The topological polar surface area (TPSA) is 55.1 Å². The van der Waals surface area contributed by atoms with Gasteiger partial charge in [-0.2, -0.15) is 5.10 Å². The van der Waals surface area contributed by atoms with Crippen LogP contribution in [0.2, 0.25) is 5.15 Å². The van der Waals surface area contributed by atoms with Crippen molar-refractivity contribution in [1.29, 1.82) is 0 Å². The highest BCUT2D eigenvalue weighted by atomic mass is 35.5. The third kappa shape index (κ3) is 1.30. The quantitative estimate of drug-likeness (QED) is 0.820. The van der Waals surface area contributed by atoms with Crippen LogP contribution in [0.4, 0.5) is 0 Å². The average Bonchev–Trinajstić information content (AvgIpc) is 2.24. The minimum Gasteiger partial charge on any atom is -0.478 e. The molecular weight excluding hydrogens is 204 g/mol. The summed E-state index contributed by atoms with van der Waals surface area (Å²) in [6.07, 6.45) is 3.19. The minimum atomic E-state index is -0.981. The van der Waals surface area contributed by atoms with E-state index in [1.165, 1.54) is 4.68 Å². The van der Waals surface area contributed by atoms with E-state index in [0.29, 0.717) is 11.6 Å². The zero-order valence-corrected chi connectivity index (χ0v) is 8.58. The maximum atomic E-state index is 11.0. The van der Waals surface area contributed by atoms with Gasteiger partial charge in [-0.3, -0.25) is 4.68 Å². The molecule has 1 aromatic heterocycles. The first kappa shape index (κ1) is 9.52. The van der Waals surface area contributed by atoms with Crippen LogP contribution in [-0.2, 0) is 7.05 Å². The normalized spacial score (nSPS) is 16.7. The Bertz CT molecular complexity index is 382. The van der Waals surface area contributed by atoms with Gasteiger partial charge in [-0.1, -0.05) is 18.0 Å². The van der Waals surface area contributed by atoms with Gasteiger partial charge in [0.2, 0.25) is 0 Å². The maximum Gasteiger partial charge on any atom is 0.340 e. The van der Waals surface area contributed by atoms with Gasteiger partial charge >= 0.3 is 5.97 Å². The molecule has 5 heteroatoms. The van der Waals surface area contributed by atoms with Crippen molar-refractivity contribution in [2.24, 2.45) is 7.05 Å². The highest BCUT2D eigenvalue weighted by molar-refractivity contribution is 6.32. The van der Waals surface area contributed by atoms with Crippen molar-refractivity contribution in [3.8, 4) is 0 Å². The molecule has 0 amide bonds. The summed E-state index contributed by atoms with van der Waals surface area (Å²) in [7, 11) is 1.66. The van der Waals surface area contributed by atoms with Crippen LogP contribution >= 0.6 is 11.6 Å². The predicted octanol–water partition coefficient (Wildman–Crippen LogP) is 2.04. The molecule has 0 spiro atoms. The lowest BCUT2D eigenvalue weighted by Gasteiger charge is -2.23. The second kappa shape index (κ2) is 3.28. The molecule has 0 unspecified atom stereocenters. The van der Waals surface area contributed by atoms with E-state index < -0.39 is 5.97 Å². The molecule has 0 bridgehead atoms. The number of aryl methyl sites for hydroxylation is 1. The number of carboxylic acids is 1. The molecule has 1 saturated carbocycles. The third-order valence-corrected chi connectivity index (χ3v) is 3.14. The van der Waals surface area contributed by atoms with Crippen molar-refractivity contribution in [3.63, 3.8) is 0 Å². The maximum absolute atomic E-state index is 11.0. The van der Waals surface area contributed by atoms with E-state index in [9.17, 15) is 4.79 Å². The first-order chi connectivity index (χ1) is 6.61. The molecule has 76 valence electrons. The summed E-state index contributed by atoms with van der Waals surface area (Å²) in [5.74, 6) is -0.690. The fourth-order valence-corrected chi connectivity index (χ4v) is 1.90. The molecule has 0 aliphatic heterocycles. The number of halogens is 1. The number of carboxylic acid groups (broad SMARTS) is 1. The van der Waals surface area contributed by atoms with Crippen LogP contribution in [0.3, 0.4) is 0 Å². The van der Waals surface area contributed by atoms with Crippen LogP contribution in [0.5, 0.6) is 0 Å². The molecule has 1 aromatic rings. The van der Waals surface area contributed by atoms with Gasteiger partial charge in [0.1, 0.15) is 10.7 Å². The van der Waals surface area contributed by atoms with Crippen molar-refractivity contribution in [3.05, 3.63) is 16.4 Å². The highest BCUT2D eigenvalue weighted by Crippen LogP contribution is 2.38. The highest BCUT2D eigenvalue weighted by Gasteiger charge is 2.30. The third-order valence-electron chi connectivity index (χ3n) is 2.71. The summed E-state index contributed by atoms with van der Waals surface area (Å²) in [5.41, 5.74) is 0.829. The first-order valence-electron chi connectivity index (χ1n) is 4.57. The number of hydrogen-bond donors (Lipinski definition) is 1. The largest absolute Gasteiger partial charge is 0.478 e. The van der Waals surface area contributed by atoms with Gasteiger partial charge in [0.25, 0.3) is 0 Å². The molecule has 0 atom stereocenters. The van der Waals surface area contributed by atoms with E-state index in [1.807, 2.05) is 0 Å². The lowest BCUT2D eigenvalue weighted by Crippen LogP contribution is -2.13. The van der Waals surface area contributed by atoms with Gasteiger partial charge in [0, 0.05) is 13.0 Å². The van der Waals surface area contributed by atoms with Gasteiger partial charge in [0.05, 0.1) is 5.69 Å². The van der Waals surface area contributed by atoms with E-state index in [4.69, 9.17) is 16.7 Å². The van der Waals surface area contributed by atoms with Crippen LogP contribution in [0.15, 0.2) is 0 Å². The molecule has 1 heterocycles. The second-order valence-corrected chi connectivity index (χ2v) is 3.97. The van der Waals surface area contributed by atoms with E-state index in [-0.39, 0.29) is 10.7 Å². The van der Waals surface area contributed by atoms with Gasteiger partial charge in [-0.15, -0.1) is 0 Å². The Morgan fingerprint density at radius 1 is 1.64 bits per heavy atom. The lowest BCUT2D eigenvalue weighted by atomic mass is 9.81. The van der Waals surface area contributed by atoms with Gasteiger partial charge in [-0.05, 0) is 12.8 Å². The second-order valence-electron chi connectivity index (χ2n) is 3.61. The Morgan fingerprint density at radius 3 is 2.71 bits per heavy atom. The fraction of sp³-hybridized carbons (Fsp3) is 0.556. The molecule has 0 saturated heterocycles. The fourth-order valence-electron chi connectivity index (χ4n) is 1.69. The summed E-state index contributed by atoms with van der Waals surface area (Å²) in [6, 6.07) is 0. The van der Waals surface area contributed by atoms with Crippen molar-refractivity contribution >= 4 is 17.6 Å². The van der Waals surface area contributed by atoms with E-state index >= 15 is 0 Å². The van der Waals surface area contributed by atoms with E-state index in [0.717, 1.165) is 19.3 Å². The summed E-state index contributed by atoms with van der Waals surface area (Å²) < 4.78 is 1.43. The summed E-state index contributed by atoms with van der Waals surface area (Å²) in [4.78, 5) is 11.0. The number of hydrogen-bond acceptors (Lipinski definition) is 2. The molecular formula is C9H11ClN2O2. The zero-order chi connectivity index (χ0) is 10.3. The Kier molecular flexibility index (Phi) is 2.23. The monoisotopic (exact) mass is 214 g/mol. The molecule has 1 aliphatic rings. The van der Waals surface area contributed by atoms with E-state index in [2.05, 4.69) is 5.10 Å². The van der Waals surface area contributed by atoms with Crippen molar-refractivity contribution in [1.82, 2.24) is 9.78 Å². The van der Waals surface area contributed by atoms with Crippen LogP contribution in [0.1, 0.15) is 41.2 Å². The Labute approximate surface area is 86.5 Å². The van der Waals surface area contributed by atoms with Crippen LogP contribution in [0.25, 0.3) is 0 Å². The molecule has 1 fully saturated rings. The molecule has 14 heavy (non-hydrogen) atoms. The Morgan fingerprint density at radius 2 is 2.29 bits per heavy atom. The molecule has 0 aromatic carbocycles. The standard InChI is InChI=1S/C9H11ClN2O2/c1-12-8(10)6(9(13)14)7(11-12)5-3-2-4-5/h5H,2-4H2,1H3,(H,13,14). The summed E-state index contributed by atoms with van der Waals surface area (Å²) in [6.45, 7) is 0. The van der Waals surface area contributed by atoms with Crippen molar-refractivity contribution in [2.75, 3.05) is 0 Å². The smallest absolute Gasteiger partial charge is 0.340 e. The SMILES string of the molecule is Cn1nc(C2CCC2)c(C(=O)O)c1Cl. The van der Waals surface area contributed by atoms with Gasteiger partial charge < -0.3 is 5.11 Å². The average molecular weight is 215 g/mol. The number of nitrogens with zero attached hydrogens (tertiary/aromatic N) is 2. The summed E-state index contributed by atoms with van der Waals surface area (Å²) >= 11 is 5.85. The van der Waals surface area contributed by atoms with Crippen molar-refractivity contribution < 1.29 is 9.90 Å². The first-order valence-corrected chi connectivity index (χ1v) is 4.94. The molecule has 1 aliphatic carbocycles. The molecule has 4 nitrogen and oxygen atoms in total. The Hall–Kier alpha value is -1.03. The summed E-state index contributed by atoms with van der Waals surface area (Å²) in [5, 5.41) is 13.4. The van der Waals surface area contributed by atoms with Crippen LogP contribution in [-0.4, -0.2) is 20.9 Å². The number of aromatic nitrogens is 2.